The fourth-order valence-corrected chi connectivity index (χ4v) is 7.78. The first-order valence-electron chi connectivity index (χ1n) is 12.5. The van der Waals surface area contributed by atoms with Crippen molar-refractivity contribution in [1.82, 2.24) is 24.2 Å². The second-order valence-corrected chi connectivity index (χ2v) is 14.9. The molecule has 40 heavy (non-hydrogen) atoms. The van der Waals surface area contributed by atoms with Gasteiger partial charge in [-0.2, -0.15) is 0 Å². The van der Waals surface area contributed by atoms with Crippen LogP contribution < -0.4 is 10.0 Å². The summed E-state index contributed by atoms with van der Waals surface area (Å²) in [5.41, 5.74) is 1.39. The molecule has 1 fully saturated rings. The number of rotatable bonds is 9. The van der Waals surface area contributed by atoms with E-state index in [2.05, 4.69) is 20.0 Å². The summed E-state index contributed by atoms with van der Waals surface area (Å²) in [6.45, 7) is 4.91. The van der Waals surface area contributed by atoms with Gasteiger partial charge in [-0.3, -0.25) is 4.72 Å². The molecule has 4 aromatic rings. The normalized spacial score (nSPS) is 15.8. The fourth-order valence-electron chi connectivity index (χ4n) is 4.25. The van der Waals surface area contributed by atoms with E-state index in [1.54, 1.807) is 36.0 Å². The number of benzene rings is 1. The first kappa shape index (κ1) is 28.7. The highest BCUT2D eigenvalue weighted by atomic mass is 32.2. The molecule has 15 heteroatoms. The van der Waals surface area contributed by atoms with Crippen LogP contribution in [0.5, 0.6) is 0 Å². The van der Waals surface area contributed by atoms with Gasteiger partial charge < -0.3 is 5.32 Å². The van der Waals surface area contributed by atoms with Crippen LogP contribution in [0.4, 0.5) is 16.0 Å². The molecule has 4 heterocycles. The zero-order chi connectivity index (χ0) is 28.4. The zero-order valence-corrected chi connectivity index (χ0v) is 25.3. The van der Waals surface area contributed by atoms with Crippen LogP contribution in [0.2, 0.25) is 0 Å². The van der Waals surface area contributed by atoms with E-state index in [9.17, 15) is 12.6 Å². The van der Waals surface area contributed by atoms with E-state index in [0.717, 1.165) is 5.01 Å². The number of hydrogen-bond acceptors (Lipinski definition) is 10. The fraction of sp³-hybridized carbons (Fsp3) is 0.360. The highest BCUT2D eigenvalue weighted by Gasteiger charge is 2.26. The molecule has 3 aromatic heterocycles. The van der Waals surface area contributed by atoms with Crippen molar-refractivity contribution in [3.05, 3.63) is 52.9 Å². The Labute approximate surface area is 242 Å². The molecule has 0 saturated carbocycles. The van der Waals surface area contributed by atoms with Gasteiger partial charge >= 0.3 is 0 Å². The number of nitrogens with zero attached hydrogens (tertiary/aromatic N) is 5. The predicted molar refractivity (Wildman–Crippen MR) is 158 cm³/mol. The zero-order valence-electron chi connectivity index (χ0n) is 22.0. The first-order valence-corrected chi connectivity index (χ1v) is 17.2. The summed E-state index contributed by atoms with van der Waals surface area (Å²) in [5.74, 6) is -0.0477. The molecule has 0 amide bonds. The van der Waals surface area contributed by atoms with Crippen molar-refractivity contribution in [2.75, 3.05) is 29.4 Å². The molecule has 212 valence electrons. The van der Waals surface area contributed by atoms with Gasteiger partial charge in [0, 0.05) is 48.4 Å². The summed E-state index contributed by atoms with van der Waals surface area (Å²) in [6, 6.07) is 6.65. The lowest BCUT2D eigenvalue weighted by Gasteiger charge is -2.30. The summed E-state index contributed by atoms with van der Waals surface area (Å²) in [7, 11) is -4.91. The molecule has 1 unspecified atom stereocenters. The topological polar surface area (TPSA) is 130 Å². The van der Waals surface area contributed by atoms with Crippen molar-refractivity contribution in [3.8, 4) is 21.8 Å². The van der Waals surface area contributed by atoms with Crippen LogP contribution in [0, 0.1) is 5.82 Å². The van der Waals surface area contributed by atoms with Gasteiger partial charge in [0.05, 0.1) is 33.2 Å². The number of thiazole rings is 2. The molecular formula is C25H28FN7O3S4. The third-order valence-electron chi connectivity index (χ3n) is 6.31. The van der Waals surface area contributed by atoms with Crippen molar-refractivity contribution in [2.24, 2.45) is 0 Å². The van der Waals surface area contributed by atoms with Gasteiger partial charge in [-0.05, 0) is 31.0 Å². The number of sulfonamides is 1. The van der Waals surface area contributed by atoms with Gasteiger partial charge in [0.1, 0.15) is 0 Å². The third kappa shape index (κ3) is 6.38. The average Bonchev–Trinajstić information content (AvgIpc) is 3.61. The van der Waals surface area contributed by atoms with Crippen LogP contribution in [0.25, 0.3) is 21.8 Å². The molecular weight excluding hydrogens is 594 g/mol. The summed E-state index contributed by atoms with van der Waals surface area (Å²) >= 11 is 2.66. The highest BCUT2D eigenvalue weighted by Crippen LogP contribution is 2.40. The van der Waals surface area contributed by atoms with Crippen molar-refractivity contribution in [2.45, 2.75) is 43.0 Å². The average molecular weight is 622 g/mol. The number of halogens is 1. The summed E-state index contributed by atoms with van der Waals surface area (Å²) in [5, 5.41) is 5.86. The van der Waals surface area contributed by atoms with E-state index in [-0.39, 0.29) is 23.2 Å². The van der Waals surface area contributed by atoms with E-state index < -0.39 is 26.8 Å². The van der Waals surface area contributed by atoms with Gasteiger partial charge in [0.25, 0.3) is 0 Å². The predicted octanol–water partition coefficient (Wildman–Crippen LogP) is 4.96. The maximum atomic E-state index is 15.8. The monoisotopic (exact) mass is 621 g/mol. The molecule has 0 bridgehead atoms. The summed E-state index contributed by atoms with van der Waals surface area (Å²) < 4.78 is 56.7. The summed E-state index contributed by atoms with van der Waals surface area (Å²) in [4.78, 5) is 18.6. The lowest BCUT2D eigenvalue weighted by atomic mass is 10.1. The number of nitrogens with one attached hydrogen (secondary N) is 2. The van der Waals surface area contributed by atoms with Crippen LogP contribution >= 0.6 is 22.7 Å². The van der Waals surface area contributed by atoms with Crippen molar-refractivity contribution in [1.29, 1.82) is 0 Å². The smallest absolute Gasteiger partial charge is 0.223 e. The molecule has 5 rings (SSSR count). The Bertz CT molecular complexity index is 1620. The van der Waals surface area contributed by atoms with Crippen LogP contribution in [-0.4, -0.2) is 62.3 Å². The van der Waals surface area contributed by atoms with Gasteiger partial charge in [-0.15, -0.1) is 22.7 Å². The number of hydrogen-bond donors (Lipinski definition) is 2. The minimum atomic E-state index is -3.21. The molecule has 1 aliphatic rings. The molecule has 1 saturated heterocycles. The Hall–Kier alpha value is -2.85. The molecule has 0 radical (unpaired) electrons. The maximum Gasteiger partial charge on any atom is 0.223 e. The van der Waals surface area contributed by atoms with Crippen molar-refractivity contribution >= 4 is 55.3 Å². The second kappa shape index (κ2) is 11.9. The van der Waals surface area contributed by atoms with E-state index in [1.807, 2.05) is 13.8 Å². The van der Waals surface area contributed by atoms with E-state index in [0.29, 0.717) is 52.5 Å². The molecule has 1 aliphatic heterocycles. The Morgan fingerprint density at radius 3 is 2.58 bits per heavy atom. The van der Waals surface area contributed by atoms with Crippen molar-refractivity contribution in [3.63, 3.8) is 0 Å². The van der Waals surface area contributed by atoms with Gasteiger partial charge in [-0.25, -0.2) is 41.3 Å². The lowest BCUT2D eigenvalue weighted by molar-refractivity contribution is 0.331. The van der Waals surface area contributed by atoms with Gasteiger partial charge in [0.2, 0.25) is 20.3 Å². The minimum Gasteiger partial charge on any atom is -0.351 e. The van der Waals surface area contributed by atoms with Crippen LogP contribution in [0.3, 0.4) is 0 Å². The van der Waals surface area contributed by atoms with E-state index in [1.165, 1.54) is 39.3 Å². The molecule has 0 spiro atoms. The number of piperidine rings is 1. The molecule has 0 aliphatic carbocycles. The Morgan fingerprint density at radius 2 is 1.90 bits per heavy atom. The second-order valence-electron chi connectivity index (χ2n) is 9.57. The highest BCUT2D eigenvalue weighted by molar-refractivity contribution is 7.88. The van der Waals surface area contributed by atoms with Gasteiger partial charge in [-0.1, -0.05) is 19.9 Å². The summed E-state index contributed by atoms with van der Waals surface area (Å²) in [6.07, 6.45) is 5.68. The van der Waals surface area contributed by atoms with Gasteiger partial charge in [0.15, 0.2) is 16.8 Å². The largest absolute Gasteiger partial charge is 0.351 e. The number of anilines is 2. The Balaban J connectivity index is 1.43. The third-order valence-corrected chi connectivity index (χ3v) is 11.1. The Kier molecular flexibility index (Phi) is 8.56. The van der Waals surface area contributed by atoms with Crippen LogP contribution in [0.1, 0.15) is 37.6 Å². The first-order chi connectivity index (χ1) is 19.1. The molecule has 1 atom stereocenters. The van der Waals surface area contributed by atoms with E-state index >= 15 is 4.39 Å². The maximum absolute atomic E-state index is 15.8. The lowest BCUT2D eigenvalue weighted by Crippen LogP contribution is -2.42. The molecule has 1 aromatic carbocycles. The van der Waals surface area contributed by atoms with Crippen LogP contribution in [-0.2, 0) is 21.0 Å². The molecule has 10 nitrogen and oxygen atoms in total. The number of aromatic nitrogens is 4. The standard InChI is InChI=1S/C25H28FN7O3S4/c1-15(2)23-31-21(17-5-4-6-18(20(17)26)32-39(34)25-28-11-14-37-25)22(38-23)19-7-10-27-24(30-19)29-16-8-12-33(13-9-16)40(3,35)36/h4-7,10-11,14-16,32H,8-9,12-13H2,1-3H3,(H,27,29,30). The van der Waals surface area contributed by atoms with Crippen LogP contribution in [0.15, 0.2) is 46.4 Å². The Morgan fingerprint density at radius 1 is 1.12 bits per heavy atom. The molecule has 2 N–H and O–H groups in total. The quantitative estimate of drug-likeness (QED) is 0.268. The minimum absolute atomic E-state index is 0.0271. The van der Waals surface area contributed by atoms with Crippen molar-refractivity contribution < 1.29 is 17.0 Å². The SMILES string of the molecule is CC(C)c1nc(-c2cccc(NS(=O)c3nccs3)c2F)c(-c2ccnc(NC3CCN(S(C)(=O)=O)CC3)n2)s1. The van der Waals surface area contributed by atoms with E-state index in [4.69, 9.17) is 9.97 Å².